The Bertz CT molecular complexity index is 1720. The molecule has 0 aliphatic rings. The van der Waals surface area contributed by atoms with Gasteiger partial charge in [-0.25, -0.2) is 14.8 Å². The molecule has 4 aromatic carbocycles. The second-order valence-corrected chi connectivity index (χ2v) is 9.13. The minimum atomic E-state index is -0.655. The van der Waals surface area contributed by atoms with Crippen molar-refractivity contribution < 1.29 is 28.5 Å². The van der Waals surface area contributed by atoms with E-state index in [0.29, 0.717) is 46.2 Å². The monoisotopic (exact) mass is 563 g/mol. The lowest BCUT2D eigenvalue weighted by Crippen LogP contribution is -2.21. The van der Waals surface area contributed by atoms with Crippen LogP contribution in [0.4, 0.5) is 5.69 Å². The summed E-state index contributed by atoms with van der Waals surface area (Å²) in [5.74, 6) is 0.844. The summed E-state index contributed by atoms with van der Waals surface area (Å²) in [5.41, 5.74) is 4.84. The van der Waals surface area contributed by atoms with Crippen molar-refractivity contribution in [1.82, 2.24) is 9.97 Å². The van der Waals surface area contributed by atoms with Crippen LogP contribution in [0.3, 0.4) is 0 Å². The van der Waals surface area contributed by atoms with Crippen molar-refractivity contribution >= 4 is 28.6 Å². The summed E-state index contributed by atoms with van der Waals surface area (Å²) in [5, 5.41) is 2.71. The van der Waals surface area contributed by atoms with Gasteiger partial charge < -0.3 is 24.3 Å². The van der Waals surface area contributed by atoms with E-state index in [4.69, 9.17) is 28.9 Å². The van der Waals surface area contributed by atoms with Crippen LogP contribution < -0.4 is 19.5 Å². The van der Waals surface area contributed by atoms with Gasteiger partial charge in [-0.3, -0.25) is 4.79 Å². The van der Waals surface area contributed by atoms with Crippen LogP contribution in [0.1, 0.15) is 17.3 Å². The van der Waals surface area contributed by atoms with Crippen LogP contribution in [0.5, 0.6) is 17.2 Å². The number of fused-ring (bicyclic) bond motifs is 1. The smallest absolute Gasteiger partial charge is 0.338 e. The van der Waals surface area contributed by atoms with Crippen molar-refractivity contribution in [3.63, 3.8) is 0 Å². The molecule has 1 amide bonds. The number of hydrogen-bond donors (Lipinski definition) is 1. The Kier molecular flexibility index (Phi) is 8.58. The number of esters is 1. The Balaban J connectivity index is 1.41. The summed E-state index contributed by atoms with van der Waals surface area (Å²) in [6, 6.07) is 27.1. The van der Waals surface area contributed by atoms with E-state index in [0.717, 1.165) is 16.9 Å². The van der Waals surface area contributed by atoms with E-state index < -0.39 is 18.5 Å². The molecule has 0 aliphatic carbocycles. The normalized spacial score (nSPS) is 10.6. The van der Waals surface area contributed by atoms with E-state index in [2.05, 4.69) is 5.32 Å². The number of carbonyl (C=O) groups excluding carboxylic acids is 2. The fraction of sp³-hybridized carbons (Fsp3) is 0.152. The van der Waals surface area contributed by atoms with Crippen LogP contribution in [0.25, 0.3) is 33.5 Å². The molecular weight excluding hydrogens is 534 g/mol. The van der Waals surface area contributed by atoms with Gasteiger partial charge in [0.05, 0.1) is 54.5 Å². The van der Waals surface area contributed by atoms with Gasteiger partial charge in [-0.1, -0.05) is 12.1 Å². The average Bonchev–Trinajstić information content (AvgIpc) is 3.04. The molecule has 0 spiro atoms. The highest BCUT2D eigenvalue weighted by atomic mass is 16.5. The standard InChI is InChI=1S/C33H29N3O6/c1-4-41-29-8-6-5-7-27(29)34-30(37)20-42-33(38)23-13-18-26-28(19-23)36-32(22-11-16-25(40-3)17-12-22)31(35-26)21-9-14-24(39-2)15-10-21/h5-19H,4,20H2,1-3H3,(H,34,37). The quantitative estimate of drug-likeness (QED) is 0.201. The lowest BCUT2D eigenvalue weighted by molar-refractivity contribution is -0.119. The SMILES string of the molecule is CCOc1ccccc1NC(=O)COC(=O)c1ccc2nc(-c3ccc(OC)cc3)c(-c3ccc(OC)cc3)nc2c1. The fourth-order valence-electron chi connectivity index (χ4n) is 4.33. The molecule has 5 aromatic rings. The van der Waals surface area contributed by atoms with Crippen LogP contribution in [-0.4, -0.2) is 49.3 Å². The minimum Gasteiger partial charge on any atom is -0.497 e. The number of methoxy groups -OCH3 is 2. The maximum Gasteiger partial charge on any atom is 0.338 e. The number of ether oxygens (including phenoxy) is 4. The van der Waals surface area contributed by atoms with Crippen molar-refractivity contribution in [2.75, 3.05) is 32.8 Å². The van der Waals surface area contributed by atoms with Gasteiger partial charge in [0, 0.05) is 11.1 Å². The summed E-state index contributed by atoms with van der Waals surface area (Å²) >= 11 is 0. The third-order valence-electron chi connectivity index (χ3n) is 6.42. The number of aromatic nitrogens is 2. The van der Waals surface area contributed by atoms with Crippen molar-refractivity contribution in [2.24, 2.45) is 0 Å². The topological polar surface area (TPSA) is 109 Å². The molecule has 0 aliphatic heterocycles. The van der Waals surface area contributed by atoms with Crippen LogP contribution in [0.15, 0.2) is 91.0 Å². The van der Waals surface area contributed by atoms with Gasteiger partial charge in [0.2, 0.25) is 0 Å². The van der Waals surface area contributed by atoms with E-state index in [-0.39, 0.29) is 5.56 Å². The van der Waals surface area contributed by atoms with Gasteiger partial charge in [-0.2, -0.15) is 0 Å². The highest BCUT2D eigenvalue weighted by molar-refractivity contribution is 5.98. The third kappa shape index (κ3) is 6.31. The number of nitrogens with zero attached hydrogens (tertiary/aromatic N) is 2. The fourth-order valence-corrected chi connectivity index (χ4v) is 4.33. The second-order valence-electron chi connectivity index (χ2n) is 9.13. The molecule has 1 aromatic heterocycles. The van der Waals surface area contributed by atoms with E-state index in [9.17, 15) is 9.59 Å². The maximum atomic E-state index is 12.9. The van der Waals surface area contributed by atoms with Crippen LogP contribution in [0, 0.1) is 0 Å². The molecule has 1 heterocycles. The average molecular weight is 564 g/mol. The Morgan fingerprint density at radius 3 is 1.93 bits per heavy atom. The lowest BCUT2D eigenvalue weighted by Gasteiger charge is -2.13. The molecule has 0 atom stereocenters. The van der Waals surface area contributed by atoms with Crippen molar-refractivity contribution in [1.29, 1.82) is 0 Å². The molecule has 0 unspecified atom stereocenters. The largest absolute Gasteiger partial charge is 0.497 e. The van der Waals surface area contributed by atoms with Gasteiger partial charge in [0.25, 0.3) is 5.91 Å². The highest BCUT2D eigenvalue weighted by Crippen LogP contribution is 2.33. The summed E-state index contributed by atoms with van der Waals surface area (Å²) in [6.07, 6.45) is 0. The van der Waals surface area contributed by atoms with Crippen molar-refractivity contribution in [2.45, 2.75) is 6.92 Å². The predicted molar refractivity (Wildman–Crippen MR) is 160 cm³/mol. The Hall–Kier alpha value is -5.44. The molecule has 212 valence electrons. The van der Waals surface area contributed by atoms with E-state index in [1.54, 1.807) is 50.6 Å². The first kappa shape index (κ1) is 28.1. The Labute approximate surface area is 243 Å². The molecule has 0 radical (unpaired) electrons. The van der Waals surface area contributed by atoms with Gasteiger partial charge >= 0.3 is 5.97 Å². The molecule has 9 nitrogen and oxygen atoms in total. The predicted octanol–water partition coefficient (Wildman–Crippen LogP) is 6.18. The number of para-hydroxylation sites is 2. The minimum absolute atomic E-state index is 0.247. The molecule has 5 rings (SSSR count). The number of nitrogens with one attached hydrogen (secondary N) is 1. The molecule has 1 N–H and O–H groups in total. The number of amides is 1. The van der Waals surface area contributed by atoms with Crippen molar-refractivity contribution in [3.05, 3.63) is 96.6 Å². The molecule has 0 fully saturated rings. The zero-order valence-electron chi connectivity index (χ0n) is 23.4. The van der Waals surface area contributed by atoms with E-state index >= 15 is 0 Å². The van der Waals surface area contributed by atoms with E-state index in [1.165, 1.54) is 0 Å². The number of hydrogen-bond acceptors (Lipinski definition) is 8. The van der Waals surface area contributed by atoms with Crippen LogP contribution in [-0.2, 0) is 9.53 Å². The second kappa shape index (κ2) is 12.8. The zero-order chi connectivity index (χ0) is 29.5. The summed E-state index contributed by atoms with van der Waals surface area (Å²) in [7, 11) is 3.22. The summed E-state index contributed by atoms with van der Waals surface area (Å²) in [6.45, 7) is 1.85. The summed E-state index contributed by atoms with van der Waals surface area (Å²) in [4.78, 5) is 35.2. The van der Waals surface area contributed by atoms with Gasteiger partial charge in [-0.05, 0) is 85.8 Å². The van der Waals surface area contributed by atoms with Gasteiger partial charge in [0.15, 0.2) is 6.61 Å². The molecular formula is C33H29N3O6. The van der Waals surface area contributed by atoms with Crippen molar-refractivity contribution in [3.8, 4) is 39.8 Å². The first-order chi connectivity index (χ1) is 20.5. The van der Waals surface area contributed by atoms with Gasteiger partial charge in [0.1, 0.15) is 17.2 Å². The number of benzene rings is 4. The summed E-state index contributed by atoms with van der Waals surface area (Å²) < 4.78 is 21.4. The van der Waals surface area contributed by atoms with Crippen LogP contribution >= 0.6 is 0 Å². The maximum absolute atomic E-state index is 12.9. The Morgan fingerprint density at radius 2 is 1.33 bits per heavy atom. The van der Waals surface area contributed by atoms with E-state index in [1.807, 2.05) is 61.5 Å². The molecule has 0 saturated heterocycles. The number of anilines is 1. The zero-order valence-corrected chi connectivity index (χ0v) is 23.4. The molecule has 42 heavy (non-hydrogen) atoms. The Morgan fingerprint density at radius 1 is 0.738 bits per heavy atom. The van der Waals surface area contributed by atoms with Gasteiger partial charge in [-0.15, -0.1) is 0 Å². The third-order valence-corrected chi connectivity index (χ3v) is 6.42. The first-order valence-electron chi connectivity index (χ1n) is 13.3. The molecule has 0 saturated carbocycles. The highest BCUT2D eigenvalue weighted by Gasteiger charge is 2.17. The van der Waals surface area contributed by atoms with Crippen LogP contribution in [0.2, 0.25) is 0 Å². The molecule has 9 heteroatoms. The first-order valence-corrected chi connectivity index (χ1v) is 13.3. The molecule has 0 bridgehead atoms. The number of rotatable bonds is 10. The number of carbonyl (C=O) groups is 2. The lowest BCUT2D eigenvalue weighted by atomic mass is 10.0.